The molecular weight excluding hydrogens is 257 g/mol. The first-order valence-electron chi connectivity index (χ1n) is 5.37. The maximum Gasteiger partial charge on any atom is 0.573 e. The molecule has 19 heavy (non-hydrogen) atoms. The maximum absolute atomic E-state index is 12.4. The van der Waals surface area contributed by atoms with Crippen molar-refractivity contribution < 1.29 is 17.9 Å². The molecule has 2 aromatic rings. The number of ether oxygens (including phenoxy) is 1. The first kappa shape index (κ1) is 13.1. The van der Waals surface area contributed by atoms with Gasteiger partial charge in [-0.1, -0.05) is 30.3 Å². The van der Waals surface area contributed by atoms with Crippen LogP contribution in [0.2, 0.25) is 0 Å². The Morgan fingerprint density at radius 2 is 1.53 bits per heavy atom. The second-order valence-corrected chi connectivity index (χ2v) is 3.86. The number of nitrogens with two attached hydrogens (primary N) is 2. The van der Waals surface area contributed by atoms with Gasteiger partial charge in [0.05, 0.1) is 11.4 Å². The van der Waals surface area contributed by atoms with Crippen molar-refractivity contribution in [3.63, 3.8) is 0 Å². The molecule has 0 unspecified atom stereocenters. The Balaban J connectivity index is 2.59. The highest BCUT2D eigenvalue weighted by molar-refractivity contribution is 5.88. The van der Waals surface area contributed by atoms with Crippen LogP contribution in [0, 0.1) is 0 Å². The maximum atomic E-state index is 12.4. The molecule has 0 bridgehead atoms. The predicted molar refractivity (Wildman–Crippen MR) is 67.4 cm³/mol. The van der Waals surface area contributed by atoms with Gasteiger partial charge in [-0.3, -0.25) is 0 Å². The number of rotatable bonds is 2. The smallest absolute Gasteiger partial charge is 0.405 e. The van der Waals surface area contributed by atoms with Crippen LogP contribution in [-0.4, -0.2) is 6.36 Å². The Labute approximate surface area is 107 Å². The third-order valence-electron chi connectivity index (χ3n) is 2.53. The molecule has 0 heterocycles. The summed E-state index contributed by atoms with van der Waals surface area (Å²) in [5.41, 5.74) is 12.3. The molecule has 6 heteroatoms. The molecule has 2 rings (SSSR count). The number of nitrogen functional groups attached to an aromatic ring is 2. The predicted octanol–water partition coefficient (Wildman–Crippen LogP) is 3.42. The van der Waals surface area contributed by atoms with Gasteiger partial charge in [0.2, 0.25) is 0 Å². The Morgan fingerprint density at radius 1 is 0.895 bits per heavy atom. The summed E-state index contributed by atoms with van der Waals surface area (Å²) in [5, 5.41) is 0. The van der Waals surface area contributed by atoms with Gasteiger partial charge in [0, 0.05) is 5.56 Å². The minimum atomic E-state index is -4.79. The summed E-state index contributed by atoms with van der Waals surface area (Å²) in [6, 6.07) is 10.8. The molecule has 100 valence electrons. The van der Waals surface area contributed by atoms with E-state index in [1.807, 2.05) is 0 Å². The molecule has 0 radical (unpaired) electrons. The highest BCUT2D eigenvalue weighted by Crippen LogP contribution is 2.40. The second-order valence-electron chi connectivity index (χ2n) is 3.86. The van der Waals surface area contributed by atoms with Crippen LogP contribution in [0.15, 0.2) is 42.5 Å². The summed E-state index contributed by atoms with van der Waals surface area (Å²) in [6.07, 6.45) is -4.79. The van der Waals surface area contributed by atoms with Crippen molar-refractivity contribution in [2.45, 2.75) is 6.36 Å². The standard InChI is InChI=1S/C13H11F3N2O/c14-13(15,16)19-10-7-6-9(17)12(18)11(10)8-4-2-1-3-5-8/h1-7H,17-18H2. The molecule has 0 aliphatic heterocycles. The molecule has 0 aliphatic rings. The van der Waals surface area contributed by atoms with E-state index in [4.69, 9.17) is 11.5 Å². The van der Waals surface area contributed by atoms with E-state index in [-0.39, 0.29) is 22.7 Å². The van der Waals surface area contributed by atoms with Crippen molar-refractivity contribution in [2.75, 3.05) is 11.5 Å². The van der Waals surface area contributed by atoms with Gasteiger partial charge in [-0.2, -0.15) is 0 Å². The number of halogens is 3. The normalized spacial score (nSPS) is 11.3. The Hall–Kier alpha value is -2.37. The molecule has 0 saturated heterocycles. The first-order valence-corrected chi connectivity index (χ1v) is 5.37. The van der Waals surface area contributed by atoms with E-state index in [0.717, 1.165) is 6.07 Å². The SMILES string of the molecule is Nc1ccc(OC(F)(F)F)c(-c2ccccc2)c1N. The molecule has 4 N–H and O–H groups in total. The fourth-order valence-corrected chi connectivity index (χ4v) is 1.73. The average molecular weight is 268 g/mol. The van der Waals surface area contributed by atoms with E-state index >= 15 is 0 Å². The Kier molecular flexibility index (Phi) is 3.25. The summed E-state index contributed by atoms with van der Waals surface area (Å²) in [4.78, 5) is 0. The Bertz CT molecular complexity index is 582. The van der Waals surface area contributed by atoms with E-state index < -0.39 is 6.36 Å². The zero-order valence-corrected chi connectivity index (χ0v) is 9.74. The van der Waals surface area contributed by atoms with Crippen molar-refractivity contribution in [1.82, 2.24) is 0 Å². The number of hydrogen-bond donors (Lipinski definition) is 2. The number of alkyl halides is 3. The van der Waals surface area contributed by atoms with E-state index in [1.54, 1.807) is 30.3 Å². The van der Waals surface area contributed by atoms with E-state index in [1.165, 1.54) is 6.07 Å². The molecule has 2 aromatic carbocycles. The van der Waals surface area contributed by atoms with Crippen LogP contribution in [0.25, 0.3) is 11.1 Å². The molecule has 0 amide bonds. The number of benzene rings is 2. The van der Waals surface area contributed by atoms with E-state index in [9.17, 15) is 13.2 Å². The van der Waals surface area contributed by atoms with Crippen LogP contribution in [0.3, 0.4) is 0 Å². The van der Waals surface area contributed by atoms with E-state index in [0.29, 0.717) is 5.56 Å². The molecule has 3 nitrogen and oxygen atoms in total. The molecule has 0 saturated carbocycles. The zero-order chi connectivity index (χ0) is 14.0. The second kappa shape index (κ2) is 4.72. The Morgan fingerprint density at radius 3 is 2.11 bits per heavy atom. The van der Waals surface area contributed by atoms with Gasteiger partial charge in [-0.15, -0.1) is 13.2 Å². The largest absolute Gasteiger partial charge is 0.573 e. The minimum absolute atomic E-state index is 0.0629. The lowest BCUT2D eigenvalue weighted by molar-refractivity contribution is -0.274. The highest BCUT2D eigenvalue weighted by atomic mass is 19.4. The summed E-state index contributed by atoms with van der Waals surface area (Å²) in [6.45, 7) is 0. The van der Waals surface area contributed by atoms with Gasteiger partial charge in [-0.05, 0) is 17.7 Å². The molecule has 0 spiro atoms. The molecule has 0 fully saturated rings. The van der Waals surface area contributed by atoms with Gasteiger partial charge >= 0.3 is 6.36 Å². The zero-order valence-electron chi connectivity index (χ0n) is 9.74. The van der Waals surface area contributed by atoms with Crippen LogP contribution in [0.1, 0.15) is 0 Å². The molecule has 0 aromatic heterocycles. The van der Waals surface area contributed by atoms with Crippen molar-refractivity contribution >= 4 is 11.4 Å². The van der Waals surface area contributed by atoms with Crippen molar-refractivity contribution in [2.24, 2.45) is 0 Å². The van der Waals surface area contributed by atoms with Crippen LogP contribution < -0.4 is 16.2 Å². The van der Waals surface area contributed by atoms with E-state index in [2.05, 4.69) is 4.74 Å². The van der Waals surface area contributed by atoms with Gasteiger partial charge in [-0.25, -0.2) is 0 Å². The third kappa shape index (κ3) is 2.90. The average Bonchev–Trinajstić information content (AvgIpc) is 2.34. The number of anilines is 2. The topological polar surface area (TPSA) is 61.3 Å². The molecule has 0 aliphatic carbocycles. The lowest BCUT2D eigenvalue weighted by Gasteiger charge is -2.16. The summed E-state index contributed by atoms with van der Waals surface area (Å²) in [7, 11) is 0. The number of hydrogen-bond acceptors (Lipinski definition) is 3. The quantitative estimate of drug-likeness (QED) is 0.820. The summed E-state index contributed by atoms with van der Waals surface area (Å²) < 4.78 is 41.1. The third-order valence-corrected chi connectivity index (χ3v) is 2.53. The van der Waals surface area contributed by atoms with Crippen LogP contribution in [0.5, 0.6) is 5.75 Å². The van der Waals surface area contributed by atoms with Crippen molar-refractivity contribution in [1.29, 1.82) is 0 Å². The van der Waals surface area contributed by atoms with Crippen LogP contribution in [-0.2, 0) is 0 Å². The lowest BCUT2D eigenvalue weighted by atomic mass is 10.0. The van der Waals surface area contributed by atoms with Gasteiger partial charge in [0.1, 0.15) is 5.75 Å². The fourth-order valence-electron chi connectivity index (χ4n) is 1.73. The molecule has 0 atom stereocenters. The van der Waals surface area contributed by atoms with Gasteiger partial charge in [0.25, 0.3) is 0 Å². The van der Waals surface area contributed by atoms with Crippen LogP contribution in [0.4, 0.5) is 24.5 Å². The van der Waals surface area contributed by atoms with Gasteiger partial charge in [0.15, 0.2) is 0 Å². The van der Waals surface area contributed by atoms with Crippen LogP contribution >= 0.6 is 0 Å². The minimum Gasteiger partial charge on any atom is -0.405 e. The van der Waals surface area contributed by atoms with Crippen molar-refractivity contribution in [3.05, 3.63) is 42.5 Å². The fraction of sp³-hybridized carbons (Fsp3) is 0.0769. The highest BCUT2D eigenvalue weighted by Gasteiger charge is 2.32. The monoisotopic (exact) mass is 268 g/mol. The summed E-state index contributed by atoms with van der Waals surface area (Å²) in [5.74, 6) is -0.370. The summed E-state index contributed by atoms with van der Waals surface area (Å²) >= 11 is 0. The lowest BCUT2D eigenvalue weighted by Crippen LogP contribution is -2.18. The van der Waals surface area contributed by atoms with Gasteiger partial charge < -0.3 is 16.2 Å². The van der Waals surface area contributed by atoms with Crippen molar-refractivity contribution in [3.8, 4) is 16.9 Å². The first-order chi connectivity index (χ1) is 8.88. The molecular formula is C13H11F3N2O.